The Morgan fingerprint density at radius 3 is 2.88 bits per heavy atom. The average molecular weight is 363 g/mol. The first kappa shape index (κ1) is 18.0. The van der Waals surface area contributed by atoms with Gasteiger partial charge in [0.1, 0.15) is 6.17 Å². The van der Waals surface area contributed by atoms with E-state index in [-0.39, 0.29) is 5.12 Å². The molecule has 1 unspecified atom stereocenters. The molecule has 2 aromatic rings. The molecule has 0 spiro atoms. The highest BCUT2D eigenvalue weighted by Crippen LogP contribution is 2.42. The molecule has 8 heteroatoms. The Bertz CT molecular complexity index is 761. The van der Waals surface area contributed by atoms with Crippen molar-refractivity contribution in [3.8, 4) is 0 Å². The number of tetrazole rings is 1. The summed E-state index contributed by atoms with van der Waals surface area (Å²) in [5, 5.41) is 12.2. The van der Waals surface area contributed by atoms with E-state index in [2.05, 4.69) is 52.3 Å². The second-order valence-electron chi connectivity index (χ2n) is 6.53. The van der Waals surface area contributed by atoms with Gasteiger partial charge < -0.3 is 9.80 Å². The predicted octanol–water partition coefficient (Wildman–Crippen LogP) is 2.88. The molecule has 0 amide bonds. The minimum atomic E-state index is 0.207. The Hall–Kier alpha value is -1.83. The van der Waals surface area contributed by atoms with E-state index in [1.165, 1.54) is 23.1 Å². The van der Waals surface area contributed by atoms with Gasteiger partial charge in [-0.3, -0.25) is 4.79 Å². The topological polar surface area (TPSA) is 66.6 Å². The van der Waals surface area contributed by atoms with Crippen LogP contribution in [0.4, 0.5) is 11.4 Å². The van der Waals surface area contributed by atoms with Crippen LogP contribution in [0.2, 0.25) is 0 Å². The number of unbranched alkanes of at least 4 members (excludes halogenated alkanes) is 1. The molecule has 2 aromatic heterocycles. The largest absolute Gasteiger partial charge is 0.351 e. The Balaban J connectivity index is 1.79. The molecule has 0 aliphatic carbocycles. The number of aromatic nitrogens is 4. The van der Waals surface area contributed by atoms with Gasteiger partial charge in [0, 0.05) is 32.3 Å². The first-order valence-electron chi connectivity index (χ1n) is 8.89. The van der Waals surface area contributed by atoms with Crippen molar-refractivity contribution in [1.29, 1.82) is 0 Å². The number of aryl methyl sites for hydroxylation is 1. The molecule has 1 aliphatic rings. The third kappa shape index (κ3) is 3.44. The van der Waals surface area contributed by atoms with E-state index in [1.807, 2.05) is 4.52 Å². The van der Waals surface area contributed by atoms with Crippen LogP contribution >= 0.6 is 11.8 Å². The predicted molar refractivity (Wildman–Crippen MR) is 102 cm³/mol. The van der Waals surface area contributed by atoms with Crippen LogP contribution in [0.15, 0.2) is 6.07 Å². The van der Waals surface area contributed by atoms with Crippen molar-refractivity contribution in [3.05, 3.63) is 11.8 Å². The summed E-state index contributed by atoms with van der Waals surface area (Å²) in [6, 6.07) is 2.10. The van der Waals surface area contributed by atoms with Crippen molar-refractivity contribution in [2.75, 3.05) is 29.1 Å². The summed E-state index contributed by atoms with van der Waals surface area (Å²) in [4.78, 5) is 15.9. The van der Waals surface area contributed by atoms with Gasteiger partial charge in [-0.25, -0.2) is 0 Å². The van der Waals surface area contributed by atoms with Crippen LogP contribution in [0.1, 0.15) is 45.2 Å². The Morgan fingerprint density at radius 2 is 2.16 bits per heavy atom. The minimum absolute atomic E-state index is 0.207. The van der Waals surface area contributed by atoms with E-state index in [1.54, 1.807) is 6.92 Å². The molecular weight excluding hydrogens is 336 g/mol. The number of hydrogen-bond acceptors (Lipinski definition) is 7. The number of anilines is 2. The summed E-state index contributed by atoms with van der Waals surface area (Å²) in [6.07, 6.45) is 4.70. The fraction of sp³-hybridized carbons (Fsp3) is 0.647. The third-order valence-electron chi connectivity index (χ3n) is 4.76. The maximum atomic E-state index is 11.1. The molecule has 0 bridgehead atoms. The zero-order valence-electron chi connectivity index (χ0n) is 15.4. The molecule has 0 aromatic carbocycles. The average Bonchev–Trinajstić information content (AvgIpc) is 3.13. The fourth-order valence-electron chi connectivity index (χ4n) is 3.68. The Kier molecular flexibility index (Phi) is 5.46. The van der Waals surface area contributed by atoms with Gasteiger partial charge in [-0.2, -0.15) is 4.52 Å². The van der Waals surface area contributed by atoms with Gasteiger partial charge in [0.2, 0.25) is 0 Å². The lowest BCUT2D eigenvalue weighted by Crippen LogP contribution is -2.41. The Labute approximate surface area is 152 Å². The lowest BCUT2D eigenvalue weighted by Gasteiger charge is -2.30. The van der Waals surface area contributed by atoms with Crippen LogP contribution < -0.4 is 9.80 Å². The van der Waals surface area contributed by atoms with E-state index < -0.39 is 0 Å². The number of rotatable bonds is 7. The summed E-state index contributed by atoms with van der Waals surface area (Å²) in [5.41, 5.74) is 4.32. The smallest absolute Gasteiger partial charge is 0.185 e. The van der Waals surface area contributed by atoms with Crippen molar-refractivity contribution in [2.24, 2.45) is 0 Å². The number of carbonyl (C=O) groups excluding carboxylic acids is 1. The zero-order chi connectivity index (χ0) is 18.0. The SMILES string of the molecule is CCCN1c2cc3nnnn3c(C)c2N(C)C1CCCCSC(C)=O. The molecule has 25 heavy (non-hydrogen) atoms. The number of nitrogens with zero attached hydrogens (tertiary/aromatic N) is 6. The minimum Gasteiger partial charge on any atom is -0.351 e. The lowest BCUT2D eigenvalue weighted by atomic mass is 10.2. The van der Waals surface area contributed by atoms with Crippen molar-refractivity contribution in [2.45, 2.75) is 52.6 Å². The van der Waals surface area contributed by atoms with Gasteiger partial charge >= 0.3 is 0 Å². The molecule has 0 saturated carbocycles. The van der Waals surface area contributed by atoms with E-state index in [0.717, 1.165) is 49.3 Å². The van der Waals surface area contributed by atoms with E-state index in [9.17, 15) is 4.79 Å². The number of pyridine rings is 1. The second kappa shape index (κ2) is 7.59. The van der Waals surface area contributed by atoms with Crippen molar-refractivity contribution < 1.29 is 4.79 Å². The van der Waals surface area contributed by atoms with Crippen LogP contribution in [0.5, 0.6) is 0 Å². The van der Waals surface area contributed by atoms with Crippen LogP contribution in [-0.4, -0.2) is 50.7 Å². The zero-order valence-corrected chi connectivity index (χ0v) is 16.2. The number of fused-ring (bicyclic) bond motifs is 2. The van der Waals surface area contributed by atoms with E-state index in [0.29, 0.717) is 6.17 Å². The molecule has 3 rings (SSSR count). The van der Waals surface area contributed by atoms with Gasteiger partial charge in [0.15, 0.2) is 10.8 Å². The number of carbonyl (C=O) groups is 1. The maximum Gasteiger partial charge on any atom is 0.185 e. The molecule has 136 valence electrons. The van der Waals surface area contributed by atoms with Gasteiger partial charge in [0.05, 0.1) is 17.1 Å². The summed E-state index contributed by atoms with van der Waals surface area (Å²) in [5.74, 6) is 0.912. The summed E-state index contributed by atoms with van der Waals surface area (Å²) < 4.78 is 1.81. The first-order chi connectivity index (χ1) is 12.0. The maximum absolute atomic E-state index is 11.1. The monoisotopic (exact) mass is 362 g/mol. The van der Waals surface area contributed by atoms with Crippen molar-refractivity contribution in [3.63, 3.8) is 0 Å². The van der Waals surface area contributed by atoms with Crippen molar-refractivity contribution >= 4 is 33.9 Å². The van der Waals surface area contributed by atoms with Gasteiger partial charge in [-0.1, -0.05) is 18.7 Å². The number of hydrogen-bond donors (Lipinski definition) is 0. The van der Waals surface area contributed by atoms with Crippen LogP contribution in [0.25, 0.3) is 5.65 Å². The molecule has 0 radical (unpaired) electrons. The van der Waals surface area contributed by atoms with Crippen LogP contribution in [0.3, 0.4) is 0 Å². The fourth-order valence-corrected chi connectivity index (χ4v) is 4.31. The molecule has 0 N–H and O–H groups in total. The standard InChI is InChI=1S/C17H26N6OS/c1-5-9-22-14-11-15-18-19-20-23(15)12(2)17(14)21(4)16(22)8-6-7-10-25-13(3)24/h11,16H,5-10H2,1-4H3. The Morgan fingerprint density at radius 1 is 1.36 bits per heavy atom. The highest BCUT2D eigenvalue weighted by Gasteiger charge is 2.35. The quantitative estimate of drug-likeness (QED) is 0.702. The highest BCUT2D eigenvalue weighted by atomic mass is 32.2. The summed E-state index contributed by atoms with van der Waals surface area (Å²) in [7, 11) is 2.16. The van der Waals surface area contributed by atoms with E-state index >= 15 is 0 Å². The molecule has 0 fully saturated rings. The van der Waals surface area contributed by atoms with Crippen LogP contribution in [0, 0.1) is 6.92 Å². The number of thioether (sulfide) groups is 1. The molecule has 1 aliphatic heterocycles. The van der Waals surface area contributed by atoms with Gasteiger partial charge in [-0.05, 0) is 43.0 Å². The van der Waals surface area contributed by atoms with Gasteiger partial charge in [0.25, 0.3) is 0 Å². The molecule has 0 saturated heterocycles. The first-order valence-corrected chi connectivity index (χ1v) is 9.87. The summed E-state index contributed by atoms with van der Waals surface area (Å²) in [6.45, 7) is 6.94. The molecule has 1 atom stereocenters. The third-order valence-corrected chi connectivity index (χ3v) is 5.66. The normalized spacial score (nSPS) is 16.7. The molecule has 3 heterocycles. The molecule has 7 nitrogen and oxygen atoms in total. The van der Waals surface area contributed by atoms with Crippen molar-refractivity contribution in [1.82, 2.24) is 20.0 Å². The van der Waals surface area contributed by atoms with Crippen LogP contribution in [-0.2, 0) is 4.79 Å². The van der Waals surface area contributed by atoms with E-state index in [4.69, 9.17) is 0 Å². The van der Waals surface area contributed by atoms with Gasteiger partial charge in [-0.15, -0.1) is 5.10 Å². The lowest BCUT2D eigenvalue weighted by molar-refractivity contribution is -0.109. The summed E-state index contributed by atoms with van der Waals surface area (Å²) >= 11 is 1.43. The molecular formula is C17H26N6OS. The second-order valence-corrected chi connectivity index (χ2v) is 7.81. The highest BCUT2D eigenvalue weighted by molar-refractivity contribution is 8.13.